The fourth-order valence-corrected chi connectivity index (χ4v) is 6.61. The van der Waals surface area contributed by atoms with Gasteiger partial charge in [-0.1, -0.05) is 61.5 Å². The van der Waals surface area contributed by atoms with E-state index in [1.54, 1.807) is 32.7 Å². The molecule has 276 valence electrons. The van der Waals surface area contributed by atoms with Gasteiger partial charge in [0, 0.05) is 32.6 Å². The van der Waals surface area contributed by atoms with E-state index in [4.69, 9.17) is 0 Å². The van der Waals surface area contributed by atoms with Crippen molar-refractivity contribution in [2.75, 3.05) is 26.7 Å². The second-order valence-electron chi connectivity index (χ2n) is 16.5. The first-order valence-electron chi connectivity index (χ1n) is 16.7. The van der Waals surface area contributed by atoms with Gasteiger partial charge in [-0.15, -0.1) is 6.58 Å². The third kappa shape index (κ3) is 9.74. The second-order valence-corrected chi connectivity index (χ2v) is 16.5. The monoisotopic (exact) mass is 698 g/mol. The molecule has 0 radical (unpaired) electrons. The van der Waals surface area contributed by atoms with Crippen LogP contribution in [0.4, 0.5) is 18.0 Å². The smallest absolute Gasteiger partial charge is 0.346 e. The summed E-state index contributed by atoms with van der Waals surface area (Å²) in [4.78, 5) is 82.1. The van der Waals surface area contributed by atoms with Crippen LogP contribution in [0.3, 0.4) is 0 Å². The Morgan fingerprint density at radius 2 is 1.55 bits per heavy atom. The van der Waals surface area contributed by atoms with Gasteiger partial charge in [-0.05, 0) is 40.9 Å². The number of hydrogen-bond donors (Lipinski definition) is 4. The van der Waals surface area contributed by atoms with Crippen LogP contribution in [-0.2, 0) is 24.0 Å². The number of piperidine rings is 1. The highest BCUT2D eigenvalue weighted by Crippen LogP contribution is 2.65. The van der Waals surface area contributed by atoms with Crippen molar-refractivity contribution in [2.24, 2.45) is 34.0 Å². The Balaban J connectivity index is 1.83. The largest absolute Gasteiger partial charge is 0.391 e. The van der Waals surface area contributed by atoms with Crippen LogP contribution in [0.5, 0.6) is 0 Å². The zero-order chi connectivity index (χ0) is 37.4. The Hall–Kier alpha value is -3.65. The SMILES string of the molecule is C=CCNC(=O)C(=O)C(CC(F)(F)F)NC(=O)[C@@H]1[C@@H]2[C@H](CN1C(=O)[C@@H](NC(=O)N[C@H](CN(C)C(=O)C1CC1)C(C)(C)C)C(C)(C)C)C2(C)C. The average molecular weight is 699 g/mol. The van der Waals surface area contributed by atoms with Crippen molar-refractivity contribution in [3.8, 4) is 0 Å². The van der Waals surface area contributed by atoms with Gasteiger partial charge in [0.1, 0.15) is 18.1 Å². The minimum absolute atomic E-state index is 0.000380. The number of likely N-dealkylation sites (tertiary alicyclic amines) is 1. The van der Waals surface area contributed by atoms with E-state index in [1.807, 2.05) is 34.6 Å². The molecular formula is C34H53F3N6O6. The number of urea groups is 1. The molecule has 15 heteroatoms. The van der Waals surface area contributed by atoms with Crippen LogP contribution in [0.15, 0.2) is 12.7 Å². The van der Waals surface area contributed by atoms with Gasteiger partial charge in [0.05, 0.1) is 12.5 Å². The Labute approximate surface area is 286 Å². The minimum Gasteiger partial charge on any atom is -0.346 e. The summed E-state index contributed by atoms with van der Waals surface area (Å²) in [6.45, 7) is 18.3. The molecule has 0 bridgehead atoms. The first kappa shape index (κ1) is 39.8. The lowest BCUT2D eigenvalue weighted by molar-refractivity contribution is -0.155. The molecule has 1 heterocycles. The fraction of sp³-hybridized carbons (Fsp3) is 0.765. The third-order valence-electron chi connectivity index (χ3n) is 9.96. The number of ketones is 1. The number of likely N-dealkylation sites (N-methyl/N-ethyl adjacent to an activating group) is 1. The highest BCUT2D eigenvalue weighted by molar-refractivity contribution is 6.38. The highest BCUT2D eigenvalue weighted by atomic mass is 19.4. The molecule has 0 spiro atoms. The number of nitrogens with zero attached hydrogens (tertiary/aromatic N) is 2. The van der Waals surface area contributed by atoms with Crippen molar-refractivity contribution in [3.63, 3.8) is 0 Å². The van der Waals surface area contributed by atoms with Crippen LogP contribution in [0.25, 0.3) is 0 Å². The van der Waals surface area contributed by atoms with Gasteiger partial charge < -0.3 is 31.1 Å². The molecule has 3 rings (SSSR count). The molecule has 12 nitrogen and oxygen atoms in total. The number of carbonyl (C=O) groups excluding carboxylic acids is 6. The molecule has 3 aliphatic rings. The van der Waals surface area contributed by atoms with E-state index in [0.29, 0.717) is 0 Å². The van der Waals surface area contributed by atoms with Crippen molar-refractivity contribution in [2.45, 2.75) is 105 Å². The van der Waals surface area contributed by atoms with E-state index in [0.717, 1.165) is 12.8 Å². The van der Waals surface area contributed by atoms with Gasteiger partial charge in [-0.25, -0.2) is 4.79 Å². The van der Waals surface area contributed by atoms with Crippen LogP contribution in [-0.4, -0.2) is 102 Å². The highest BCUT2D eigenvalue weighted by Gasteiger charge is 2.70. The lowest BCUT2D eigenvalue weighted by atomic mass is 9.85. The molecule has 0 aromatic carbocycles. The van der Waals surface area contributed by atoms with Crippen LogP contribution >= 0.6 is 0 Å². The Kier molecular flexibility index (Phi) is 11.6. The summed E-state index contributed by atoms with van der Waals surface area (Å²) in [6.07, 6.45) is -3.74. The second kappa shape index (κ2) is 14.3. The maximum Gasteiger partial charge on any atom is 0.391 e. The summed E-state index contributed by atoms with van der Waals surface area (Å²) in [5.74, 6) is -4.95. The number of rotatable bonds is 13. The lowest BCUT2D eigenvalue weighted by Gasteiger charge is -2.39. The van der Waals surface area contributed by atoms with Gasteiger partial charge in [-0.2, -0.15) is 13.2 Å². The number of fused-ring (bicyclic) bond motifs is 1. The van der Waals surface area contributed by atoms with E-state index in [2.05, 4.69) is 27.8 Å². The van der Waals surface area contributed by atoms with E-state index < -0.39 is 88.5 Å². The summed E-state index contributed by atoms with van der Waals surface area (Å²) in [5.41, 5.74) is -1.75. The molecule has 1 unspecified atom stereocenters. The molecule has 49 heavy (non-hydrogen) atoms. The average Bonchev–Trinajstić information content (AvgIpc) is 3.84. The van der Waals surface area contributed by atoms with Crippen molar-refractivity contribution in [1.82, 2.24) is 31.1 Å². The maximum absolute atomic E-state index is 14.3. The maximum atomic E-state index is 14.3. The summed E-state index contributed by atoms with van der Waals surface area (Å²) in [7, 11) is 1.69. The predicted molar refractivity (Wildman–Crippen MR) is 176 cm³/mol. The number of hydrogen-bond acceptors (Lipinski definition) is 6. The molecule has 6 amide bonds. The molecule has 2 aliphatic carbocycles. The molecule has 2 saturated carbocycles. The third-order valence-corrected chi connectivity index (χ3v) is 9.96. The molecule has 3 fully saturated rings. The summed E-state index contributed by atoms with van der Waals surface area (Å²) in [5, 5.41) is 9.96. The number of amides is 6. The van der Waals surface area contributed by atoms with Crippen molar-refractivity contribution >= 4 is 35.4 Å². The zero-order valence-corrected chi connectivity index (χ0v) is 30.0. The van der Waals surface area contributed by atoms with Gasteiger partial charge in [-0.3, -0.25) is 24.0 Å². The van der Waals surface area contributed by atoms with Gasteiger partial charge in [0.2, 0.25) is 23.5 Å². The van der Waals surface area contributed by atoms with Crippen LogP contribution < -0.4 is 21.3 Å². The van der Waals surface area contributed by atoms with E-state index in [-0.39, 0.29) is 37.4 Å². The summed E-state index contributed by atoms with van der Waals surface area (Å²) in [6, 6.07) is -5.76. The first-order chi connectivity index (χ1) is 22.3. The molecular weight excluding hydrogens is 645 g/mol. The predicted octanol–water partition coefficient (Wildman–Crippen LogP) is 2.77. The fourth-order valence-electron chi connectivity index (χ4n) is 6.61. The molecule has 1 aliphatic heterocycles. The van der Waals surface area contributed by atoms with Crippen molar-refractivity contribution < 1.29 is 41.9 Å². The topological polar surface area (TPSA) is 157 Å². The summed E-state index contributed by atoms with van der Waals surface area (Å²) >= 11 is 0. The van der Waals surface area contributed by atoms with Crippen LogP contribution in [0.2, 0.25) is 0 Å². The minimum atomic E-state index is -4.89. The van der Waals surface area contributed by atoms with Gasteiger partial charge in [0.25, 0.3) is 5.91 Å². The zero-order valence-electron chi connectivity index (χ0n) is 30.0. The Morgan fingerprint density at radius 1 is 0.959 bits per heavy atom. The van der Waals surface area contributed by atoms with E-state index in [1.165, 1.54) is 11.0 Å². The van der Waals surface area contributed by atoms with Crippen LogP contribution in [0.1, 0.15) is 74.7 Å². The Morgan fingerprint density at radius 3 is 2.04 bits per heavy atom. The lowest BCUT2D eigenvalue weighted by Crippen LogP contribution is -2.63. The van der Waals surface area contributed by atoms with Crippen molar-refractivity contribution in [1.29, 1.82) is 0 Å². The first-order valence-corrected chi connectivity index (χ1v) is 16.7. The van der Waals surface area contributed by atoms with E-state index >= 15 is 0 Å². The van der Waals surface area contributed by atoms with Crippen molar-refractivity contribution in [3.05, 3.63) is 12.7 Å². The quantitative estimate of drug-likeness (QED) is 0.171. The van der Waals surface area contributed by atoms with Gasteiger partial charge >= 0.3 is 12.2 Å². The molecule has 1 saturated heterocycles. The normalized spacial score (nSPS) is 23.3. The number of alkyl halides is 3. The van der Waals surface area contributed by atoms with E-state index in [9.17, 15) is 41.9 Å². The standard InChI is InChI=1S/C34H53F3N6O6/c1-11-14-38-27(46)24(44)20(15-34(35,36)37)39-26(45)23-22-19(33(22,8)9)16-43(23)29(48)25(32(5,6)7)41-30(49)40-21(31(2,3)4)17-42(10)28(47)18-12-13-18/h11,18-23,25H,1,12-17H2,2-10H3,(H,38,46)(H,39,45)(H2,40,41,49)/t19-,20?,21+,22-,23-,25+/m0/s1. The molecule has 0 aromatic heterocycles. The molecule has 4 N–H and O–H groups in total. The number of carbonyl (C=O) groups is 6. The van der Waals surface area contributed by atoms with Gasteiger partial charge in [0.15, 0.2) is 0 Å². The summed E-state index contributed by atoms with van der Waals surface area (Å²) < 4.78 is 40.5. The molecule has 0 aromatic rings. The number of Topliss-reactive ketones (excluding diaryl/α,β-unsaturated/α-hetero) is 1. The molecule has 6 atom stereocenters. The Bertz CT molecular complexity index is 1330. The number of nitrogens with one attached hydrogen (secondary N) is 4. The number of halogens is 3. The van der Waals surface area contributed by atoms with Crippen LogP contribution in [0, 0.1) is 34.0 Å².